The lowest BCUT2D eigenvalue weighted by atomic mass is 10.4. The molecule has 0 saturated carbocycles. The molecule has 21 heavy (non-hydrogen) atoms. The maximum Gasteiger partial charge on any atom is 0.219 e. The quantitative estimate of drug-likeness (QED) is 0.436. The van der Waals surface area contributed by atoms with Crippen molar-refractivity contribution in [3.63, 3.8) is 0 Å². The highest BCUT2D eigenvalue weighted by Crippen LogP contribution is 1.88. The van der Waals surface area contributed by atoms with Gasteiger partial charge in [-0.1, -0.05) is 20.3 Å². The summed E-state index contributed by atoms with van der Waals surface area (Å²) in [6.07, 6.45) is 2.76. The Kier molecular flexibility index (Phi) is 16.8. The fourth-order valence-corrected chi connectivity index (χ4v) is 1.40. The van der Waals surface area contributed by atoms with Crippen LogP contribution in [-0.2, 0) is 23.7 Å². The van der Waals surface area contributed by atoms with E-state index in [-0.39, 0.29) is 5.91 Å². The summed E-state index contributed by atoms with van der Waals surface area (Å²) >= 11 is 0. The molecule has 0 bridgehead atoms. The van der Waals surface area contributed by atoms with E-state index in [2.05, 4.69) is 12.2 Å². The highest BCUT2D eigenvalue weighted by atomic mass is 16.6. The monoisotopic (exact) mass is 305 g/mol. The zero-order chi connectivity index (χ0) is 15.6. The SMILES string of the molecule is CCCCOCCOCCOCCOCCNC(=O)CC. The second-order valence-electron chi connectivity index (χ2n) is 4.51. The Bertz CT molecular complexity index is 226. The van der Waals surface area contributed by atoms with E-state index in [1.165, 1.54) is 0 Å². The average molecular weight is 305 g/mol. The first kappa shape index (κ1) is 20.3. The Morgan fingerprint density at radius 1 is 0.762 bits per heavy atom. The molecule has 0 atom stereocenters. The summed E-state index contributed by atoms with van der Waals surface area (Å²) in [5, 5.41) is 2.74. The molecule has 0 saturated heterocycles. The van der Waals surface area contributed by atoms with Crippen LogP contribution in [0.4, 0.5) is 0 Å². The van der Waals surface area contributed by atoms with E-state index in [0.717, 1.165) is 19.4 Å². The number of unbranched alkanes of at least 4 members (excludes halogenated alkanes) is 1. The number of hydrogen-bond donors (Lipinski definition) is 1. The van der Waals surface area contributed by atoms with E-state index < -0.39 is 0 Å². The first-order valence-electron chi connectivity index (χ1n) is 7.88. The Morgan fingerprint density at radius 3 is 1.71 bits per heavy atom. The van der Waals surface area contributed by atoms with Crippen LogP contribution in [0, 0.1) is 0 Å². The topological polar surface area (TPSA) is 66.0 Å². The molecule has 126 valence electrons. The van der Waals surface area contributed by atoms with E-state index >= 15 is 0 Å². The van der Waals surface area contributed by atoms with Gasteiger partial charge >= 0.3 is 0 Å². The molecule has 6 nitrogen and oxygen atoms in total. The maximum absolute atomic E-state index is 10.9. The lowest BCUT2D eigenvalue weighted by Crippen LogP contribution is -2.26. The number of ether oxygens (including phenoxy) is 4. The van der Waals surface area contributed by atoms with Crippen LogP contribution in [0.2, 0.25) is 0 Å². The van der Waals surface area contributed by atoms with Gasteiger partial charge in [-0.25, -0.2) is 0 Å². The van der Waals surface area contributed by atoms with Crippen LogP contribution in [0.25, 0.3) is 0 Å². The molecule has 0 fully saturated rings. The molecule has 1 N–H and O–H groups in total. The minimum Gasteiger partial charge on any atom is -0.379 e. The summed E-state index contributed by atoms with van der Waals surface area (Å²) in [5.41, 5.74) is 0. The summed E-state index contributed by atoms with van der Waals surface area (Å²) in [6.45, 7) is 9.30. The van der Waals surface area contributed by atoms with Crippen LogP contribution < -0.4 is 5.32 Å². The highest BCUT2D eigenvalue weighted by Gasteiger charge is 1.95. The van der Waals surface area contributed by atoms with Gasteiger partial charge in [0.1, 0.15) is 0 Å². The van der Waals surface area contributed by atoms with Crippen molar-refractivity contribution in [3.8, 4) is 0 Å². The van der Waals surface area contributed by atoms with Crippen LogP contribution in [-0.4, -0.2) is 65.3 Å². The molecule has 0 rings (SSSR count). The molecule has 0 radical (unpaired) electrons. The van der Waals surface area contributed by atoms with Gasteiger partial charge in [0, 0.05) is 19.6 Å². The molecule has 6 heteroatoms. The molecular weight excluding hydrogens is 274 g/mol. The van der Waals surface area contributed by atoms with Gasteiger partial charge in [0.15, 0.2) is 0 Å². The second kappa shape index (κ2) is 17.4. The number of rotatable bonds is 16. The largest absolute Gasteiger partial charge is 0.379 e. The number of nitrogens with one attached hydrogen (secondary N) is 1. The Labute approximate surface area is 128 Å². The third-order valence-electron chi connectivity index (χ3n) is 2.65. The fraction of sp³-hybridized carbons (Fsp3) is 0.933. The average Bonchev–Trinajstić information content (AvgIpc) is 2.50. The summed E-state index contributed by atoms with van der Waals surface area (Å²) in [7, 11) is 0. The molecule has 0 aliphatic heterocycles. The van der Waals surface area contributed by atoms with E-state index in [9.17, 15) is 4.79 Å². The van der Waals surface area contributed by atoms with Gasteiger partial charge in [-0.3, -0.25) is 4.79 Å². The first-order chi connectivity index (χ1) is 10.3. The van der Waals surface area contributed by atoms with Crippen molar-refractivity contribution in [2.24, 2.45) is 0 Å². The van der Waals surface area contributed by atoms with Gasteiger partial charge in [0.2, 0.25) is 5.91 Å². The van der Waals surface area contributed by atoms with Crippen molar-refractivity contribution in [2.45, 2.75) is 33.1 Å². The van der Waals surface area contributed by atoms with E-state index in [1.807, 2.05) is 6.92 Å². The third kappa shape index (κ3) is 17.3. The predicted molar refractivity (Wildman–Crippen MR) is 81.5 cm³/mol. The van der Waals surface area contributed by atoms with Gasteiger partial charge in [-0.15, -0.1) is 0 Å². The third-order valence-corrected chi connectivity index (χ3v) is 2.65. The van der Waals surface area contributed by atoms with Crippen LogP contribution in [0.3, 0.4) is 0 Å². The van der Waals surface area contributed by atoms with Crippen LogP contribution >= 0.6 is 0 Å². The summed E-state index contributed by atoms with van der Waals surface area (Å²) < 4.78 is 21.4. The number of carbonyl (C=O) groups excluding carboxylic acids is 1. The minimum atomic E-state index is 0.0469. The first-order valence-corrected chi connectivity index (χ1v) is 7.88. The van der Waals surface area contributed by atoms with Crippen molar-refractivity contribution in [1.82, 2.24) is 5.32 Å². The van der Waals surface area contributed by atoms with Crippen LogP contribution in [0.15, 0.2) is 0 Å². The van der Waals surface area contributed by atoms with Gasteiger partial charge in [0.05, 0.1) is 46.2 Å². The van der Waals surface area contributed by atoms with Crippen LogP contribution in [0.5, 0.6) is 0 Å². The van der Waals surface area contributed by atoms with Crippen molar-refractivity contribution in [3.05, 3.63) is 0 Å². The Balaban J connectivity index is 2.98. The Morgan fingerprint density at radius 2 is 1.24 bits per heavy atom. The molecular formula is C15H31NO5. The summed E-state index contributed by atoms with van der Waals surface area (Å²) in [6, 6.07) is 0. The number of hydrogen-bond acceptors (Lipinski definition) is 5. The number of amides is 1. The zero-order valence-electron chi connectivity index (χ0n) is 13.5. The molecule has 0 unspecified atom stereocenters. The number of carbonyl (C=O) groups is 1. The molecule has 0 aliphatic rings. The lowest BCUT2D eigenvalue weighted by molar-refractivity contribution is -0.121. The standard InChI is InChI=1S/C15H31NO5/c1-3-5-7-18-9-11-20-13-14-21-12-10-19-8-6-16-15(17)4-2/h3-14H2,1-2H3,(H,16,17). The van der Waals surface area contributed by atoms with Gasteiger partial charge in [-0.2, -0.15) is 0 Å². The fourth-order valence-electron chi connectivity index (χ4n) is 1.40. The molecule has 0 aromatic carbocycles. The minimum absolute atomic E-state index is 0.0469. The molecule has 0 aromatic heterocycles. The maximum atomic E-state index is 10.9. The summed E-state index contributed by atoms with van der Waals surface area (Å²) in [5.74, 6) is 0.0469. The second-order valence-corrected chi connectivity index (χ2v) is 4.51. The van der Waals surface area contributed by atoms with E-state index in [4.69, 9.17) is 18.9 Å². The molecule has 0 heterocycles. The summed E-state index contributed by atoms with van der Waals surface area (Å²) in [4.78, 5) is 10.9. The molecule has 0 aliphatic carbocycles. The van der Waals surface area contributed by atoms with Crippen molar-refractivity contribution in [2.75, 3.05) is 59.4 Å². The Hall–Kier alpha value is -0.690. The van der Waals surface area contributed by atoms with Gasteiger partial charge < -0.3 is 24.3 Å². The molecule has 1 amide bonds. The lowest BCUT2D eigenvalue weighted by Gasteiger charge is -2.07. The predicted octanol–water partition coefficient (Wildman–Crippen LogP) is 1.38. The van der Waals surface area contributed by atoms with Crippen molar-refractivity contribution >= 4 is 5.91 Å². The van der Waals surface area contributed by atoms with Gasteiger partial charge in [0.25, 0.3) is 0 Å². The smallest absolute Gasteiger partial charge is 0.219 e. The van der Waals surface area contributed by atoms with Crippen molar-refractivity contribution < 1.29 is 23.7 Å². The molecule has 0 aromatic rings. The van der Waals surface area contributed by atoms with Crippen LogP contribution in [0.1, 0.15) is 33.1 Å². The van der Waals surface area contributed by atoms with Crippen molar-refractivity contribution in [1.29, 1.82) is 0 Å². The normalized spacial score (nSPS) is 10.8. The van der Waals surface area contributed by atoms with E-state index in [0.29, 0.717) is 59.2 Å². The van der Waals surface area contributed by atoms with E-state index in [1.54, 1.807) is 0 Å². The molecule has 0 spiro atoms. The zero-order valence-corrected chi connectivity index (χ0v) is 13.5. The van der Waals surface area contributed by atoms with Gasteiger partial charge in [-0.05, 0) is 6.42 Å². The highest BCUT2D eigenvalue weighted by molar-refractivity contribution is 5.75.